The van der Waals surface area contributed by atoms with E-state index in [1.165, 1.54) is 16.5 Å². The molecule has 1 aromatic heterocycles. The molecule has 1 aromatic carbocycles. The fourth-order valence-corrected chi connectivity index (χ4v) is 3.12. The van der Waals surface area contributed by atoms with Gasteiger partial charge >= 0.3 is 0 Å². The van der Waals surface area contributed by atoms with Crippen LogP contribution in [-0.2, 0) is 13.0 Å². The molecule has 20 heavy (non-hydrogen) atoms. The average Bonchev–Trinajstić information content (AvgIpc) is 2.37. The third-order valence-electron chi connectivity index (χ3n) is 3.87. The first kappa shape index (κ1) is 13.2. The fraction of sp³-hybridized carbons (Fsp3) is 0.438. The van der Waals surface area contributed by atoms with Crippen LogP contribution in [0.2, 0.25) is 0 Å². The quantitative estimate of drug-likeness (QED) is 0.881. The molecule has 2 N–H and O–H groups in total. The third-order valence-corrected chi connectivity index (χ3v) is 3.87. The highest BCUT2D eigenvalue weighted by Crippen LogP contribution is 2.30. The number of nitrogens with zero attached hydrogens (tertiary/aromatic N) is 1. The number of anilines is 1. The van der Waals surface area contributed by atoms with Crippen LogP contribution in [0.15, 0.2) is 16.9 Å². The maximum Gasteiger partial charge on any atom is 0.253 e. The Labute approximate surface area is 118 Å². The van der Waals surface area contributed by atoms with Crippen molar-refractivity contribution in [3.63, 3.8) is 0 Å². The van der Waals surface area contributed by atoms with Crippen LogP contribution in [0.4, 0.5) is 5.69 Å². The largest absolute Gasteiger partial charge is 0.384 e. The molecule has 4 heteroatoms. The van der Waals surface area contributed by atoms with Gasteiger partial charge in [-0.05, 0) is 51.1 Å². The average molecular weight is 271 g/mol. The number of pyridine rings is 1. The van der Waals surface area contributed by atoms with E-state index in [0.29, 0.717) is 0 Å². The third kappa shape index (κ3) is 2.20. The molecule has 0 spiro atoms. The molecule has 106 valence electrons. The van der Waals surface area contributed by atoms with Gasteiger partial charge < -0.3 is 15.2 Å². The van der Waals surface area contributed by atoms with Crippen molar-refractivity contribution in [2.24, 2.45) is 0 Å². The summed E-state index contributed by atoms with van der Waals surface area (Å²) in [4.78, 5) is 17.4. The van der Waals surface area contributed by atoms with Gasteiger partial charge in [0, 0.05) is 24.0 Å². The van der Waals surface area contributed by atoms with E-state index in [2.05, 4.69) is 48.4 Å². The molecular formula is C16H21N3O. The van der Waals surface area contributed by atoms with Gasteiger partial charge in [0.2, 0.25) is 0 Å². The maximum atomic E-state index is 12.2. The van der Waals surface area contributed by atoms with E-state index in [-0.39, 0.29) is 5.56 Å². The predicted molar refractivity (Wildman–Crippen MR) is 83.5 cm³/mol. The smallest absolute Gasteiger partial charge is 0.253 e. The van der Waals surface area contributed by atoms with Crippen molar-refractivity contribution in [2.75, 3.05) is 26.0 Å². The van der Waals surface area contributed by atoms with Crippen LogP contribution in [0.5, 0.6) is 0 Å². The summed E-state index contributed by atoms with van der Waals surface area (Å²) in [7, 11) is 4.10. The second-order valence-corrected chi connectivity index (χ2v) is 5.91. The summed E-state index contributed by atoms with van der Waals surface area (Å²) in [5.74, 6) is 0. The van der Waals surface area contributed by atoms with Crippen LogP contribution in [0.25, 0.3) is 10.9 Å². The molecule has 2 heterocycles. The zero-order chi connectivity index (χ0) is 14.3. The van der Waals surface area contributed by atoms with Crippen LogP contribution in [0.1, 0.15) is 23.1 Å². The molecular weight excluding hydrogens is 250 g/mol. The maximum absolute atomic E-state index is 12.2. The van der Waals surface area contributed by atoms with Crippen molar-refractivity contribution in [1.29, 1.82) is 0 Å². The monoisotopic (exact) mass is 271 g/mol. The van der Waals surface area contributed by atoms with Crippen LogP contribution in [0, 0.1) is 6.92 Å². The van der Waals surface area contributed by atoms with Crippen LogP contribution < -0.4 is 10.9 Å². The number of nitrogens with one attached hydrogen (secondary N) is 2. The molecule has 0 atom stereocenters. The predicted octanol–water partition coefficient (Wildman–Crippen LogP) is 2.26. The molecule has 2 aromatic rings. The van der Waals surface area contributed by atoms with Gasteiger partial charge in [0.05, 0.1) is 11.2 Å². The highest BCUT2D eigenvalue weighted by molar-refractivity contribution is 5.96. The van der Waals surface area contributed by atoms with Crippen molar-refractivity contribution in [2.45, 2.75) is 26.3 Å². The van der Waals surface area contributed by atoms with E-state index in [4.69, 9.17) is 0 Å². The number of hydrogen-bond donors (Lipinski definition) is 2. The van der Waals surface area contributed by atoms with E-state index in [0.717, 1.165) is 42.7 Å². The second kappa shape index (κ2) is 4.94. The number of hydrogen-bond acceptors (Lipinski definition) is 3. The number of H-pyrrole nitrogens is 1. The Morgan fingerprint density at radius 2 is 2.10 bits per heavy atom. The van der Waals surface area contributed by atoms with Crippen molar-refractivity contribution < 1.29 is 0 Å². The standard InChI is InChI=1S/C16H21N3O/c1-10-7-11(9-19(2)3)8-13-14(10)15-12(16(20)18-13)5-4-6-17-15/h7-8,17H,4-6,9H2,1-3H3,(H,18,20). The minimum atomic E-state index is 0.0566. The van der Waals surface area contributed by atoms with E-state index >= 15 is 0 Å². The molecule has 0 fully saturated rings. The van der Waals surface area contributed by atoms with Gasteiger partial charge in [0.1, 0.15) is 0 Å². The van der Waals surface area contributed by atoms with Crippen LogP contribution in [0.3, 0.4) is 0 Å². The van der Waals surface area contributed by atoms with Crippen LogP contribution in [-0.4, -0.2) is 30.5 Å². The Kier molecular flexibility index (Phi) is 3.26. The van der Waals surface area contributed by atoms with Crippen molar-refractivity contribution in [3.05, 3.63) is 39.2 Å². The Balaban J connectivity index is 2.26. The highest BCUT2D eigenvalue weighted by Gasteiger charge is 2.17. The van der Waals surface area contributed by atoms with Gasteiger partial charge in [-0.25, -0.2) is 0 Å². The molecule has 0 aliphatic carbocycles. The normalized spacial score (nSPS) is 14.4. The molecule has 0 bridgehead atoms. The topological polar surface area (TPSA) is 48.1 Å². The van der Waals surface area contributed by atoms with E-state index in [1.807, 2.05) is 0 Å². The molecule has 1 aliphatic rings. The zero-order valence-corrected chi connectivity index (χ0v) is 12.3. The first-order valence-corrected chi connectivity index (χ1v) is 7.13. The van der Waals surface area contributed by atoms with Gasteiger partial charge in [-0.2, -0.15) is 0 Å². The number of aromatic nitrogens is 1. The molecule has 4 nitrogen and oxygen atoms in total. The lowest BCUT2D eigenvalue weighted by atomic mass is 9.97. The first-order chi connectivity index (χ1) is 9.56. The van der Waals surface area contributed by atoms with Crippen molar-refractivity contribution in [1.82, 2.24) is 9.88 Å². The summed E-state index contributed by atoms with van der Waals surface area (Å²) in [6.07, 6.45) is 1.89. The molecule has 0 unspecified atom stereocenters. The molecule has 0 amide bonds. The van der Waals surface area contributed by atoms with Gasteiger partial charge in [-0.1, -0.05) is 6.07 Å². The van der Waals surface area contributed by atoms with Gasteiger partial charge in [0.15, 0.2) is 0 Å². The van der Waals surface area contributed by atoms with Crippen LogP contribution >= 0.6 is 0 Å². The molecule has 0 saturated carbocycles. The number of aromatic amines is 1. The van der Waals surface area contributed by atoms with Crippen molar-refractivity contribution in [3.8, 4) is 0 Å². The second-order valence-electron chi connectivity index (χ2n) is 5.91. The highest BCUT2D eigenvalue weighted by atomic mass is 16.1. The number of rotatable bonds is 2. The molecule has 0 radical (unpaired) electrons. The first-order valence-electron chi connectivity index (χ1n) is 7.13. The lowest BCUT2D eigenvalue weighted by Crippen LogP contribution is -2.22. The number of aryl methyl sites for hydroxylation is 1. The summed E-state index contributed by atoms with van der Waals surface area (Å²) < 4.78 is 0. The van der Waals surface area contributed by atoms with Gasteiger partial charge in [0.25, 0.3) is 5.56 Å². The molecule has 0 saturated heterocycles. The Morgan fingerprint density at radius 3 is 2.85 bits per heavy atom. The summed E-state index contributed by atoms with van der Waals surface area (Å²) >= 11 is 0. The van der Waals surface area contributed by atoms with E-state index < -0.39 is 0 Å². The summed E-state index contributed by atoms with van der Waals surface area (Å²) in [6.45, 7) is 3.95. The van der Waals surface area contributed by atoms with E-state index in [9.17, 15) is 4.79 Å². The molecule has 3 rings (SSSR count). The van der Waals surface area contributed by atoms with Gasteiger partial charge in [-0.3, -0.25) is 4.79 Å². The summed E-state index contributed by atoms with van der Waals surface area (Å²) in [5, 5.41) is 4.59. The number of fused-ring (bicyclic) bond motifs is 3. The van der Waals surface area contributed by atoms with Crippen molar-refractivity contribution >= 4 is 16.6 Å². The van der Waals surface area contributed by atoms with Gasteiger partial charge in [-0.15, -0.1) is 0 Å². The Morgan fingerprint density at radius 1 is 1.30 bits per heavy atom. The minimum Gasteiger partial charge on any atom is -0.384 e. The molecule has 1 aliphatic heterocycles. The summed E-state index contributed by atoms with van der Waals surface area (Å²) in [5.41, 5.74) is 5.41. The SMILES string of the molecule is Cc1cc(CN(C)C)cc2[nH]c(=O)c3c(c12)NCCC3. The number of benzene rings is 1. The minimum absolute atomic E-state index is 0.0566. The zero-order valence-electron chi connectivity index (χ0n) is 12.3. The fourth-order valence-electron chi connectivity index (χ4n) is 3.12. The Hall–Kier alpha value is -1.81. The summed E-state index contributed by atoms with van der Waals surface area (Å²) in [6, 6.07) is 4.32. The lowest BCUT2D eigenvalue weighted by molar-refractivity contribution is 0.402. The van der Waals surface area contributed by atoms with E-state index in [1.54, 1.807) is 0 Å². The lowest BCUT2D eigenvalue weighted by Gasteiger charge is -2.21. The Bertz CT molecular complexity index is 716.